The Labute approximate surface area is 112 Å². The zero-order chi connectivity index (χ0) is 13.3. The molecule has 2 rings (SSSR count). The van der Waals surface area contributed by atoms with Gasteiger partial charge >= 0.3 is 0 Å². The molecule has 2 aromatic rings. The highest BCUT2D eigenvalue weighted by atomic mass is 79.9. The van der Waals surface area contributed by atoms with E-state index in [1.165, 1.54) is 23.1 Å². The number of rotatable bonds is 3. The van der Waals surface area contributed by atoms with Crippen LogP contribution in [0.3, 0.4) is 0 Å². The number of hydrogen-bond donors (Lipinski definition) is 2. The summed E-state index contributed by atoms with van der Waals surface area (Å²) in [4.78, 5) is 3.77. The number of aryl methyl sites for hydroxylation is 1. The van der Waals surface area contributed by atoms with E-state index < -0.39 is 10.0 Å². The first kappa shape index (κ1) is 12.8. The van der Waals surface area contributed by atoms with Crippen LogP contribution in [0.2, 0.25) is 0 Å². The maximum atomic E-state index is 12.1. The van der Waals surface area contributed by atoms with Crippen LogP contribution in [0, 0.1) is 0 Å². The average molecular weight is 332 g/mol. The molecule has 1 aromatic heterocycles. The van der Waals surface area contributed by atoms with Gasteiger partial charge in [0.15, 0.2) is 0 Å². The van der Waals surface area contributed by atoms with Crippen molar-refractivity contribution in [1.82, 2.24) is 14.8 Å². The molecular formula is C9H10BrN5O2S. The summed E-state index contributed by atoms with van der Waals surface area (Å²) in [5.41, 5.74) is 5.82. The van der Waals surface area contributed by atoms with Gasteiger partial charge < -0.3 is 5.73 Å². The molecule has 0 aliphatic heterocycles. The summed E-state index contributed by atoms with van der Waals surface area (Å²) < 4.78 is 28.5. The Morgan fingerprint density at radius 3 is 2.78 bits per heavy atom. The summed E-state index contributed by atoms with van der Waals surface area (Å²) >= 11 is 3.20. The van der Waals surface area contributed by atoms with Crippen LogP contribution < -0.4 is 10.5 Å². The molecule has 7 nitrogen and oxygen atoms in total. The molecule has 0 radical (unpaired) electrons. The second-order valence-electron chi connectivity index (χ2n) is 3.49. The van der Waals surface area contributed by atoms with Crippen LogP contribution in [0.15, 0.2) is 33.9 Å². The molecule has 0 bridgehead atoms. The fourth-order valence-corrected chi connectivity index (χ4v) is 3.01. The Hall–Kier alpha value is -1.61. The van der Waals surface area contributed by atoms with Crippen molar-refractivity contribution < 1.29 is 8.42 Å². The van der Waals surface area contributed by atoms with E-state index in [4.69, 9.17) is 5.73 Å². The number of nitrogens with zero attached hydrogens (tertiary/aromatic N) is 3. The highest BCUT2D eigenvalue weighted by Gasteiger charge is 2.19. The van der Waals surface area contributed by atoms with Crippen molar-refractivity contribution in [3.05, 3.63) is 29.0 Å². The van der Waals surface area contributed by atoms with Gasteiger partial charge in [-0.05, 0) is 18.2 Å². The second kappa shape index (κ2) is 4.58. The fraction of sp³-hybridized carbons (Fsp3) is 0.111. The number of anilines is 2. The number of nitrogens with two attached hydrogens (primary N) is 1. The van der Waals surface area contributed by atoms with Crippen molar-refractivity contribution in [3.8, 4) is 0 Å². The summed E-state index contributed by atoms with van der Waals surface area (Å²) in [7, 11) is -2.21. The van der Waals surface area contributed by atoms with Gasteiger partial charge in [0.2, 0.25) is 5.95 Å². The predicted octanol–water partition coefficient (Wildman–Crippen LogP) is 0.961. The third-order valence-electron chi connectivity index (χ3n) is 2.20. The number of nitrogens with one attached hydrogen (secondary N) is 1. The first-order chi connectivity index (χ1) is 8.40. The normalized spacial score (nSPS) is 11.4. The van der Waals surface area contributed by atoms with E-state index >= 15 is 0 Å². The van der Waals surface area contributed by atoms with Crippen molar-refractivity contribution in [3.63, 3.8) is 0 Å². The molecule has 18 heavy (non-hydrogen) atoms. The third-order valence-corrected chi connectivity index (χ3v) is 4.08. The molecule has 1 heterocycles. The largest absolute Gasteiger partial charge is 0.398 e. The molecule has 0 fully saturated rings. The topological polar surface area (TPSA) is 103 Å². The fourth-order valence-electron chi connectivity index (χ4n) is 1.30. The van der Waals surface area contributed by atoms with Gasteiger partial charge in [-0.25, -0.2) is 17.8 Å². The molecule has 0 aliphatic rings. The minimum Gasteiger partial charge on any atom is -0.398 e. The maximum Gasteiger partial charge on any atom is 0.266 e. The molecule has 0 amide bonds. The van der Waals surface area contributed by atoms with Crippen molar-refractivity contribution >= 4 is 37.6 Å². The summed E-state index contributed by atoms with van der Waals surface area (Å²) in [5, 5.41) is 3.77. The van der Waals surface area contributed by atoms with Gasteiger partial charge in [-0.3, -0.25) is 0 Å². The van der Waals surface area contributed by atoms with E-state index in [1.54, 1.807) is 13.1 Å². The molecule has 0 spiro atoms. The van der Waals surface area contributed by atoms with Gasteiger partial charge in [-0.2, -0.15) is 10.1 Å². The Balaban J connectivity index is 2.43. The lowest BCUT2D eigenvalue weighted by atomic mass is 10.3. The average Bonchev–Trinajstić information content (AvgIpc) is 2.67. The Kier molecular flexibility index (Phi) is 3.26. The van der Waals surface area contributed by atoms with Crippen LogP contribution in [0.5, 0.6) is 0 Å². The van der Waals surface area contributed by atoms with Crippen molar-refractivity contribution in [2.75, 3.05) is 10.5 Å². The van der Waals surface area contributed by atoms with Gasteiger partial charge in [-0.1, -0.05) is 15.9 Å². The van der Waals surface area contributed by atoms with Crippen LogP contribution in [0.25, 0.3) is 0 Å². The van der Waals surface area contributed by atoms with E-state index in [2.05, 4.69) is 30.7 Å². The summed E-state index contributed by atoms with van der Waals surface area (Å²) in [6.07, 6.45) is 1.25. The summed E-state index contributed by atoms with van der Waals surface area (Å²) in [6, 6.07) is 4.60. The number of aromatic nitrogens is 3. The lowest BCUT2D eigenvalue weighted by Gasteiger charge is -2.09. The van der Waals surface area contributed by atoms with Crippen LogP contribution in [0.4, 0.5) is 11.6 Å². The zero-order valence-electron chi connectivity index (χ0n) is 9.33. The molecule has 9 heteroatoms. The van der Waals surface area contributed by atoms with Crippen LogP contribution in [-0.4, -0.2) is 23.2 Å². The minimum atomic E-state index is -3.79. The Morgan fingerprint density at radius 1 is 1.44 bits per heavy atom. The highest BCUT2D eigenvalue weighted by molar-refractivity contribution is 9.10. The SMILES string of the molecule is Cn1ncnc1NS(=O)(=O)c1cc(Br)ccc1N. The molecule has 3 N–H and O–H groups in total. The molecular weight excluding hydrogens is 322 g/mol. The first-order valence-corrected chi connectivity index (χ1v) is 7.09. The number of benzene rings is 1. The number of hydrogen-bond acceptors (Lipinski definition) is 5. The number of halogens is 1. The predicted molar refractivity (Wildman–Crippen MR) is 70.4 cm³/mol. The van der Waals surface area contributed by atoms with Gasteiger partial charge in [0, 0.05) is 11.5 Å². The lowest BCUT2D eigenvalue weighted by Crippen LogP contribution is -2.17. The molecule has 0 unspecified atom stereocenters. The van der Waals surface area contributed by atoms with E-state index in [1.807, 2.05) is 0 Å². The van der Waals surface area contributed by atoms with E-state index in [9.17, 15) is 8.42 Å². The standard InChI is InChI=1S/C9H10BrN5O2S/c1-15-9(12-5-13-15)14-18(16,17)8-4-6(10)2-3-7(8)11/h2-5H,11H2,1H3,(H,12,13,14). The monoisotopic (exact) mass is 331 g/mol. The summed E-state index contributed by atoms with van der Waals surface area (Å²) in [6.45, 7) is 0. The lowest BCUT2D eigenvalue weighted by molar-refractivity contribution is 0.600. The molecule has 96 valence electrons. The van der Waals surface area contributed by atoms with E-state index in [-0.39, 0.29) is 16.5 Å². The molecule has 0 aliphatic carbocycles. The van der Waals surface area contributed by atoms with Crippen molar-refractivity contribution in [2.24, 2.45) is 7.05 Å². The summed E-state index contributed by atoms with van der Waals surface area (Å²) in [5.74, 6) is 0.120. The van der Waals surface area contributed by atoms with Gasteiger partial charge in [0.25, 0.3) is 10.0 Å². The quantitative estimate of drug-likeness (QED) is 0.815. The Bertz CT molecular complexity index is 682. The van der Waals surface area contributed by atoms with E-state index in [0.29, 0.717) is 4.47 Å². The minimum absolute atomic E-state index is 0.0140. The van der Waals surface area contributed by atoms with E-state index in [0.717, 1.165) is 0 Å². The molecule has 1 aromatic carbocycles. The van der Waals surface area contributed by atoms with Crippen molar-refractivity contribution in [2.45, 2.75) is 4.90 Å². The van der Waals surface area contributed by atoms with Gasteiger partial charge in [0.05, 0.1) is 5.69 Å². The molecule has 0 saturated heterocycles. The smallest absolute Gasteiger partial charge is 0.266 e. The van der Waals surface area contributed by atoms with Crippen LogP contribution >= 0.6 is 15.9 Å². The number of nitrogen functional groups attached to an aromatic ring is 1. The highest BCUT2D eigenvalue weighted by Crippen LogP contribution is 2.24. The molecule has 0 saturated carbocycles. The van der Waals surface area contributed by atoms with Gasteiger partial charge in [0.1, 0.15) is 11.2 Å². The second-order valence-corrected chi connectivity index (χ2v) is 6.06. The number of sulfonamides is 1. The van der Waals surface area contributed by atoms with Crippen LogP contribution in [0.1, 0.15) is 0 Å². The third kappa shape index (κ3) is 2.46. The van der Waals surface area contributed by atoms with Gasteiger partial charge in [-0.15, -0.1) is 0 Å². The van der Waals surface area contributed by atoms with Crippen LogP contribution in [-0.2, 0) is 17.1 Å². The Morgan fingerprint density at radius 2 is 2.17 bits per heavy atom. The zero-order valence-corrected chi connectivity index (χ0v) is 11.7. The van der Waals surface area contributed by atoms with Crippen molar-refractivity contribution in [1.29, 1.82) is 0 Å². The maximum absolute atomic E-state index is 12.1. The first-order valence-electron chi connectivity index (χ1n) is 4.82. The molecule has 0 atom stereocenters.